The van der Waals surface area contributed by atoms with E-state index in [-0.39, 0.29) is 40.7 Å². The standard InChI is InChI=1S/C32H31ClFN7O8/c1-20(48-17-16-47-2)49-32(46)35-18-26(30(43)41(22-6-4-3-5-7-22)23-10-8-21(9-11-23)31(44)45)37-28(42)15-12-24-27(40-19-36-38-39-40)14-13-25(33)29(24)34/h3-15,19-20,26H,16-18H2,1-2H3,(H,35,46)(H,37,42)(H,44,45). The molecule has 15 nitrogen and oxygen atoms in total. The Hall–Kier alpha value is -5.71. The number of carboxylic acids is 1. The first-order chi connectivity index (χ1) is 23.6. The molecule has 2 unspecified atom stereocenters. The number of rotatable bonds is 15. The number of aromatic nitrogens is 4. The number of benzene rings is 3. The smallest absolute Gasteiger partial charge is 0.409 e. The molecule has 17 heteroatoms. The molecule has 4 rings (SSSR count). The minimum Gasteiger partial charge on any atom is -0.478 e. The number of carboxylic acid groups (broad SMARTS) is 1. The van der Waals surface area contributed by atoms with Gasteiger partial charge in [0.2, 0.25) is 12.2 Å². The summed E-state index contributed by atoms with van der Waals surface area (Å²) in [5.74, 6) is -3.58. The highest BCUT2D eigenvalue weighted by Gasteiger charge is 2.29. The third kappa shape index (κ3) is 9.90. The van der Waals surface area contributed by atoms with E-state index < -0.39 is 48.6 Å². The summed E-state index contributed by atoms with van der Waals surface area (Å²) in [5, 5.41) is 25.0. The fraction of sp³-hybridized carbons (Fsp3) is 0.219. The van der Waals surface area contributed by atoms with Crippen LogP contribution >= 0.6 is 11.6 Å². The number of anilines is 2. The lowest BCUT2D eigenvalue weighted by atomic mass is 10.1. The molecular weight excluding hydrogens is 665 g/mol. The second kappa shape index (κ2) is 17.4. The number of para-hydroxylation sites is 1. The largest absolute Gasteiger partial charge is 0.478 e. The fourth-order valence-electron chi connectivity index (χ4n) is 4.36. The second-order valence-electron chi connectivity index (χ2n) is 10.0. The molecule has 2 atom stereocenters. The summed E-state index contributed by atoms with van der Waals surface area (Å²) < 4.78 is 31.7. The number of alkyl carbamates (subject to hydrolysis) is 1. The lowest BCUT2D eigenvalue weighted by molar-refractivity contribution is -0.124. The van der Waals surface area contributed by atoms with Crippen LogP contribution in [0.25, 0.3) is 11.8 Å². The van der Waals surface area contributed by atoms with Crippen LogP contribution in [0.2, 0.25) is 5.02 Å². The molecule has 0 aliphatic heterocycles. The maximum Gasteiger partial charge on any atom is 0.409 e. The summed E-state index contributed by atoms with van der Waals surface area (Å²) in [4.78, 5) is 52.8. The van der Waals surface area contributed by atoms with E-state index in [2.05, 4.69) is 26.2 Å². The number of carbonyl (C=O) groups is 4. The van der Waals surface area contributed by atoms with Crippen LogP contribution in [0, 0.1) is 5.82 Å². The molecule has 0 radical (unpaired) electrons. The summed E-state index contributed by atoms with van der Waals surface area (Å²) in [7, 11) is 1.49. The number of ether oxygens (including phenoxy) is 3. The zero-order valence-corrected chi connectivity index (χ0v) is 26.9. The van der Waals surface area contributed by atoms with Crippen molar-refractivity contribution in [3.8, 4) is 5.69 Å². The van der Waals surface area contributed by atoms with E-state index in [1.807, 2.05) is 0 Å². The average Bonchev–Trinajstić information content (AvgIpc) is 3.63. The predicted molar refractivity (Wildman–Crippen MR) is 174 cm³/mol. The Labute approximate surface area is 284 Å². The molecule has 256 valence electrons. The maximum absolute atomic E-state index is 15.1. The van der Waals surface area contributed by atoms with Crippen LogP contribution in [-0.2, 0) is 23.8 Å². The summed E-state index contributed by atoms with van der Waals surface area (Å²) in [5.41, 5.74) is 0.687. The van der Waals surface area contributed by atoms with E-state index in [1.165, 1.54) is 66.3 Å². The molecule has 0 fully saturated rings. The normalized spacial score (nSPS) is 12.2. The third-order valence-electron chi connectivity index (χ3n) is 6.69. The molecule has 0 saturated heterocycles. The molecule has 49 heavy (non-hydrogen) atoms. The number of carbonyl (C=O) groups excluding carboxylic acids is 3. The Kier molecular flexibility index (Phi) is 12.9. The molecular formula is C32H31ClFN7O8. The van der Waals surface area contributed by atoms with E-state index in [1.54, 1.807) is 30.3 Å². The van der Waals surface area contributed by atoms with Gasteiger partial charge in [0.15, 0.2) is 5.82 Å². The van der Waals surface area contributed by atoms with Crippen LogP contribution in [-0.4, -0.2) is 88.4 Å². The quantitative estimate of drug-likeness (QED) is 0.0934. The Balaban J connectivity index is 1.63. The van der Waals surface area contributed by atoms with Gasteiger partial charge in [-0.2, -0.15) is 4.68 Å². The summed E-state index contributed by atoms with van der Waals surface area (Å²) in [6.45, 7) is 1.45. The van der Waals surface area contributed by atoms with E-state index in [9.17, 15) is 24.3 Å². The van der Waals surface area contributed by atoms with Gasteiger partial charge in [-0.25, -0.2) is 14.0 Å². The SMILES string of the molecule is COCCOC(C)OC(=O)NCC(NC(=O)C=Cc1c(-n2cnnn2)ccc(Cl)c1F)C(=O)N(c1ccccc1)c1ccc(C(=O)O)cc1. The van der Waals surface area contributed by atoms with Crippen molar-refractivity contribution in [2.75, 3.05) is 31.8 Å². The number of tetrazole rings is 1. The van der Waals surface area contributed by atoms with Crippen LogP contribution in [0.5, 0.6) is 0 Å². The molecule has 1 heterocycles. The van der Waals surface area contributed by atoms with Gasteiger partial charge in [-0.1, -0.05) is 29.8 Å². The lowest BCUT2D eigenvalue weighted by Crippen LogP contribution is -2.53. The number of amides is 3. The molecule has 0 saturated carbocycles. The van der Waals surface area contributed by atoms with Gasteiger partial charge in [0.25, 0.3) is 5.91 Å². The van der Waals surface area contributed by atoms with Crippen molar-refractivity contribution in [1.82, 2.24) is 30.8 Å². The number of nitrogens with one attached hydrogen (secondary N) is 2. The van der Waals surface area contributed by atoms with E-state index in [0.717, 1.165) is 12.2 Å². The molecule has 3 amide bonds. The second-order valence-corrected chi connectivity index (χ2v) is 10.4. The third-order valence-corrected chi connectivity index (χ3v) is 6.98. The first-order valence-corrected chi connectivity index (χ1v) is 14.9. The van der Waals surface area contributed by atoms with Crippen molar-refractivity contribution in [3.05, 3.63) is 101 Å². The Morgan fingerprint density at radius 1 is 1.04 bits per heavy atom. The maximum atomic E-state index is 15.1. The van der Waals surface area contributed by atoms with Crippen molar-refractivity contribution in [2.24, 2.45) is 0 Å². The van der Waals surface area contributed by atoms with Gasteiger partial charge < -0.3 is 30.0 Å². The van der Waals surface area contributed by atoms with Crippen molar-refractivity contribution in [2.45, 2.75) is 19.3 Å². The molecule has 1 aromatic heterocycles. The topological polar surface area (TPSA) is 187 Å². The number of methoxy groups -OCH3 is 1. The minimum absolute atomic E-state index is 0.0141. The van der Waals surface area contributed by atoms with E-state index >= 15 is 4.39 Å². The van der Waals surface area contributed by atoms with Crippen molar-refractivity contribution >= 4 is 52.9 Å². The summed E-state index contributed by atoms with van der Waals surface area (Å²) in [6.07, 6.45) is 1.43. The van der Waals surface area contributed by atoms with Crippen molar-refractivity contribution in [3.63, 3.8) is 0 Å². The summed E-state index contributed by atoms with van der Waals surface area (Å²) >= 11 is 5.99. The molecule has 0 bridgehead atoms. The van der Waals surface area contributed by atoms with Gasteiger partial charge in [0, 0.05) is 30.1 Å². The number of aromatic carboxylic acids is 1. The van der Waals surface area contributed by atoms with Crippen molar-refractivity contribution < 1.29 is 42.9 Å². The van der Waals surface area contributed by atoms with Crippen molar-refractivity contribution in [1.29, 1.82) is 0 Å². The number of nitrogens with zero attached hydrogens (tertiary/aromatic N) is 5. The summed E-state index contributed by atoms with van der Waals surface area (Å²) in [6, 6.07) is 15.2. The van der Waals surface area contributed by atoms with E-state index in [4.69, 9.17) is 25.8 Å². The first kappa shape index (κ1) is 36.1. The Morgan fingerprint density at radius 2 is 1.76 bits per heavy atom. The Bertz CT molecular complexity index is 1780. The van der Waals surface area contributed by atoms with E-state index in [0.29, 0.717) is 5.69 Å². The molecule has 3 N–H and O–H groups in total. The van der Waals surface area contributed by atoms with Gasteiger partial charge in [0.05, 0.1) is 36.0 Å². The first-order valence-electron chi connectivity index (χ1n) is 14.6. The molecule has 3 aromatic carbocycles. The van der Waals surface area contributed by atoms with Gasteiger partial charge in [-0.15, -0.1) is 5.10 Å². The van der Waals surface area contributed by atoms with Crippen LogP contribution < -0.4 is 15.5 Å². The molecule has 4 aromatic rings. The average molecular weight is 696 g/mol. The zero-order valence-electron chi connectivity index (χ0n) is 26.2. The van der Waals surface area contributed by atoms with Crippen LogP contribution in [0.3, 0.4) is 0 Å². The highest BCUT2D eigenvalue weighted by molar-refractivity contribution is 6.31. The number of halogens is 2. The monoisotopic (exact) mass is 695 g/mol. The highest BCUT2D eigenvalue weighted by atomic mass is 35.5. The zero-order chi connectivity index (χ0) is 35.3. The van der Waals surface area contributed by atoms with Crippen LogP contribution in [0.4, 0.5) is 20.6 Å². The Morgan fingerprint density at radius 3 is 2.41 bits per heavy atom. The molecule has 0 spiro atoms. The van der Waals surface area contributed by atoms with Crippen LogP contribution in [0.15, 0.2) is 79.1 Å². The number of hydrogen-bond acceptors (Lipinski definition) is 10. The molecule has 0 aliphatic carbocycles. The van der Waals surface area contributed by atoms with Gasteiger partial charge in [-0.05, 0) is 72.0 Å². The number of hydrogen-bond donors (Lipinski definition) is 3. The van der Waals surface area contributed by atoms with Crippen LogP contribution in [0.1, 0.15) is 22.8 Å². The molecule has 0 aliphatic rings. The van der Waals surface area contributed by atoms with Gasteiger partial charge in [-0.3, -0.25) is 14.5 Å². The lowest BCUT2D eigenvalue weighted by Gasteiger charge is -2.28. The van der Waals surface area contributed by atoms with Gasteiger partial charge >= 0.3 is 12.1 Å². The predicted octanol–water partition coefficient (Wildman–Crippen LogP) is 3.75. The fourth-order valence-corrected chi connectivity index (χ4v) is 4.53. The van der Waals surface area contributed by atoms with Gasteiger partial charge in [0.1, 0.15) is 12.4 Å². The minimum atomic E-state index is -1.43. The highest BCUT2D eigenvalue weighted by Crippen LogP contribution is 2.27.